The molecule has 0 saturated carbocycles. The second-order valence-electron chi connectivity index (χ2n) is 5.73. The van der Waals surface area contributed by atoms with Crippen molar-refractivity contribution < 1.29 is 19.4 Å². The maximum absolute atomic E-state index is 13.2. The molecule has 0 aliphatic heterocycles. The molecule has 138 valence electrons. The topological polar surface area (TPSA) is 84.2 Å². The third-order valence-electron chi connectivity index (χ3n) is 3.96. The van der Waals surface area contributed by atoms with Crippen molar-refractivity contribution in [1.82, 2.24) is 9.78 Å². The molecule has 0 aliphatic rings. The molecule has 0 spiro atoms. The number of aryl methyl sites for hydroxylation is 2. The van der Waals surface area contributed by atoms with Crippen LogP contribution in [0.3, 0.4) is 0 Å². The molecular weight excluding hydrogens is 391 g/mol. The van der Waals surface area contributed by atoms with E-state index in [1.165, 1.54) is 22.9 Å². The first-order valence-electron chi connectivity index (χ1n) is 7.81. The van der Waals surface area contributed by atoms with Gasteiger partial charge in [-0.1, -0.05) is 41.4 Å². The van der Waals surface area contributed by atoms with Crippen molar-refractivity contribution in [3.63, 3.8) is 0 Å². The van der Waals surface area contributed by atoms with Gasteiger partial charge in [0.05, 0.1) is 27.7 Å². The van der Waals surface area contributed by atoms with Crippen LogP contribution in [0.25, 0.3) is 11.3 Å². The average molecular weight is 404 g/mol. The highest BCUT2D eigenvalue weighted by molar-refractivity contribution is 6.37. The van der Waals surface area contributed by atoms with Gasteiger partial charge in [-0.25, -0.2) is 0 Å². The average Bonchev–Trinajstić information content (AvgIpc) is 2.88. The standard InChI is InChI=1S/C19H14Cl2N2O4/c1-10-16(18(24)12-8-7-11(20)9-14(12)21)17(23(2)22-10)13-5-3-4-6-15(13)27-19(25)26/h3-9H,1-2H3,(H,25,26)/p-1. The van der Waals surface area contributed by atoms with E-state index in [1.54, 1.807) is 38.2 Å². The van der Waals surface area contributed by atoms with Crippen molar-refractivity contribution in [3.05, 3.63) is 69.3 Å². The fraction of sp³-hybridized carbons (Fsp3) is 0.105. The number of halogens is 2. The first-order chi connectivity index (χ1) is 12.8. The molecule has 0 aliphatic carbocycles. The normalized spacial score (nSPS) is 10.7. The minimum absolute atomic E-state index is 0.0387. The number of aromatic nitrogens is 2. The molecule has 0 fully saturated rings. The summed E-state index contributed by atoms with van der Waals surface area (Å²) in [4.78, 5) is 24.1. The summed E-state index contributed by atoms with van der Waals surface area (Å²) >= 11 is 12.1. The fourth-order valence-corrected chi connectivity index (χ4v) is 3.38. The van der Waals surface area contributed by atoms with E-state index in [1.807, 2.05) is 0 Å². The van der Waals surface area contributed by atoms with E-state index >= 15 is 0 Å². The van der Waals surface area contributed by atoms with Crippen LogP contribution in [-0.2, 0) is 7.05 Å². The van der Waals surface area contributed by atoms with Crippen LogP contribution in [0.4, 0.5) is 4.79 Å². The Morgan fingerprint density at radius 1 is 1.15 bits per heavy atom. The van der Waals surface area contributed by atoms with E-state index in [9.17, 15) is 14.7 Å². The summed E-state index contributed by atoms with van der Waals surface area (Å²) in [5, 5.41) is 15.8. The molecule has 0 bridgehead atoms. The quantitative estimate of drug-likeness (QED) is 0.377. The lowest BCUT2D eigenvalue weighted by atomic mass is 9.97. The maximum Gasteiger partial charge on any atom is 0.257 e. The Labute approximate surface area is 164 Å². The molecule has 3 rings (SSSR count). The number of ether oxygens (including phenoxy) is 1. The molecule has 27 heavy (non-hydrogen) atoms. The van der Waals surface area contributed by atoms with Crippen molar-refractivity contribution >= 4 is 35.1 Å². The number of hydrogen-bond donors (Lipinski definition) is 0. The minimum Gasteiger partial charge on any atom is -0.513 e. The monoisotopic (exact) mass is 403 g/mol. The largest absolute Gasteiger partial charge is 0.513 e. The summed E-state index contributed by atoms with van der Waals surface area (Å²) in [6.45, 7) is 1.68. The first-order valence-corrected chi connectivity index (χ1v) is 8.56. The van der Waals surface area contributed by atoms with Gasteiger partial charge in [-0.2, -0.15) is 5.10 Å². The molecule has 0 N–H and O–H groups in total. The second-order valence-corrected chi connectivity index (χ2v) is 6.58. The number of ketones is 1. The number of benzene rings is 2. The van der Waals surface area contributed by atoms with Crippen LogP contribution in [-0.4, -0.2) is 21.7 Å². The number of carbonyl (C=O) groups excluding carboxylic acids is 2. The molecule has 0 saturated heterocycles. The zero-order chi connectivity index (χ0) is 19.7. The molecule has 0 atom stereocenters. The molecule has 0 radical (unpaired) electrons. The van der Waals surface area contributed by atoms with Crippen LogP contribution in [0.5, 0.6) is 5.75 Å². The van der Waals surface area contributed by atoms with Gasteiger partial charge in [0, 0.05) is 23.2 Å². The SMILES string of the molecule is Cc1nn(C)c(-c2ccccc2OC(=O)[O-])c1C(=O)c1ccc(Cl)cc1Cl. The van der Waals surface area contributed by atoms with E-state index in [-0.39, 0.29) is 27.7 Å². The Bertz CT molecular complexity index is 1060. The van der Waals surface area contributed by atoms with Crippen LogP contribution in [0.15, 0.2) is 42.5 Å². The molecule has 3 aromatic rings. The lowest BCUT2D eigenvalue weighted by Crippen LogP contribution is -2.26. The Morgan fingerprint density at radius 3 is 2.52 bits per heavy atom. The first kappa shape index (κ1) is 18.9. The lowest BCUT2D eigenvalue weighted by Gasteiger charge is -2.15. The number of carboxylic acid groups (broad SMARTS) is 1. The summed E-state index contributed by atoms with van der Waals surface area (Å²) in [6, 6.07) is 11.0. The number of rotatable bonds is 4. The summed E-state index contributed by atoms with van der Waals surface area (Å²) < 4.78 is 6.24. The zero-order valence-electron chi connectivity index (χ0n) is 14.3. The van der Waals surface area contributed by atoms with Gasteiger partial charge in [0.25, 0.3) is 6.16 Å². The van der Waals surface area contributed by atoms with Gasteiger partial charge in [0.15, 0.2) is 5.78 Å². The molecule has 0 amide bonds. The van der Waals surface area contributed by atoms with Crippen molar-refractivity contribution in [1.29, 1.82) is 0 Å². The van der Waals surface area contributed by atoms with Crippen LogP contribution >= 0.6 is 23.2 Å². The van der Waals surface area contributed by atoms with Gasteiger partial charge in [-0.05, 0) is 31.2 Å². The highest BCUT2D eigenvalue weighted by atomic mass is 35.5. The highest BCUT2D eigenvalue weighted by Gasteiger charge is 2.25. The van der Waals surface area contributed by atoms with E-state index in [0.29, 0.717) is 22.0 Å². The summed E-state index contributed by atoms with van der Waals surface area (Å²) in [5.74, 6) is -0.322. The van der Waals surface area contributed by atoms with Gasteiger partial charge in [0.2, 0.25) is 0 Å². The van der Waals surface area contributed by atoms with Crippen molar-refractivity contribution in [3.8, 4) is 17.0 Å². The minimum atomic E-state index is -1.70. The Balaban J connectivity index is 2.21. The van der Waals surface area contributed by atoms with Gasteiger partial charge in [-0.15, -0.1) is 0 Å². The predicted molar refractivity (Wildman–Crippen MR) is 99.3 cm³/mol. The summed E-state index contributed by atoms with van der Waals surface area (Å²) in [7, 11) is 1.65. The maximum atomic E-state index is 13.2. The third kappa shape index (κ3) is 3.67. The van der Waals surface area contributed by atoms with Crippen molar-refractivity contribution in [2.45, 2.75) is 6.92 Å². The zero-order valence-corrected chi connectivity index (χ0v) is 15.8. The van der Waals surface area contributed by atoms with E-state index in [2.05, 4.69) is 5.10 Å². The summed E-state index contributed by atoms with van der Waals surface area (Å²) in [6.07, 6.45) is -1.70. The molecule has 1 aromatic heterocycles. The van der Waals surface area contributed by atoms with Gasteiger partial charge < -0.3 is 14.6 Å². The number of carbonyl (C=O) groups is 2. The van der Waals surface area contributed by atoms with Crippen LogP contribution in [0.1, 0.15) is 21.6 Å². The number of nitrogens with zero attached hydrogens (tertiary/aromatic N) is 2. The van der Waals surface area contributed by atoms with E-state index in [0.717, 1.165) is 0 Å². The Hall–Kier alpha value is -2.83. The lowest BCUT2D eigenvalue weighted by molar-refractivity contribution is -0.271. The van der Waals surface area contributed by atoms with Gasteiger partial charge in [-0.3, -0.25) is 9.48 Å². The third-order valence-corrected chi connectivity index (χ3v) is 4.51. The smallest absolute Gasteiger partial charge is 0.257 e. The van der Waals surface area contributed by atoms with Crippen LogP contribution in [0, 0.1) is 6.92 Å². The molecule has 8 heteroatoms. The number of para-hydroxylation sites is 1. The number of hydrogen-bond acceptors (Lipinski definition) is 5. The van der Waals surface area contributed by atoms with Crippen LogP contribution < -0.4 is 9.84 Å². The molecule has 6 nitrogen and oxygen atoms in total. The Kier molecular flexibility index (Phi) is 5.21. The molecular formula is C19H13Cl2N2O4-. The van der Waals surface area contributed by atoms with Crippen molar-refractivity contribution in [2.24, 2.45) is 7.05 Å². The van der Waals surface area contributed by atoms with E-state index < -0.39 is 6.16 Å². The fourth-order valence-electron chi connectivity index (χ4n) is 2.89. The highest BCUT2D eigenvalue weighted by Crippen LogP contribution is 2.35. The molecule has 1 heterocycles. The summed E-state index contributed by atoms with van der Waals surface area (Å²) in [5.41, 5.74) is 1.80. The van der Waals surface area contributed by atoms with Gasteiger partial charge in [0.1, 0.15) is 0 Å². The van der Waals surface area contributed by atoms with Crippen LogP contribution in [0.2, 0.25) is 10.0 Å². The molecule has 0 unspecified atom stereocenters. The second kappa shape index (κ2) is 7.42. The predicted octanol–water partition coefficient (Wildman–Crippen LogP) is 3.66. The Morgan fingerprint density at radius 2 is 1.85 bits per heavy atom. The van der Waals surface area contributed by atoms with Gasteiger partial charge >= 0.3 is 0 Å². The molecule has 2 aromatic carbocycles. The van der Waals surface area contributed by atoms with E-state index in [4.69, 9.17) is 27.9 Å². The van der Waals surface area contributed by atoms with Crippen molar-refractivity contribution in [2.75, 3.05) is 0 Å².